The SMILES string of the molecule is CC(=O)Nc1ccc(OCCOC(=O)C2C(C)=NC(C)=C(C(=O)OCCOC(=O)c3ccc(NC(C)=O)cc3)[C@@H]2c2cccc([N+](=O)[O-])c2)cc1. The van der Waals surface area contributed by atoms with Crippen LogP contribution in [0.3, 0.4) is 0 Å². The maximum atomic E-state index is 13.6. The lowest BCUT2D eigenvalue weighted by Gasteiger charge is -2.31. The molecule has 0 radical (unpaired) electrons. The van der Waals surface area contributed by atoms with Crippen molar-refractivity contribution in [3.05, 3.63) is 105 Å². The van der Waals surface area contributed by atoms with Gasteiger partial charge < -0.3 is 29.6 Å². The number of ether oxygens (including phenoxy) is 4. The summed E-state index contributed by atoms with van der Waals surface area (Å²) in [6.07, 6.45) is 0. The Morgan fingerprint density at radius 2 is 1.33 bits per heavy atom. The van der Waals surface area contributed by atoms with Crippen LogP contribution in [0.5, 0.6) is 5.75 Å². The molecule has 2 N–H and O–H groups in total. The van der Waals surface area contributed by atoms with Crippen molar-refractivity contribution in [2.45, 2.75) is 33.6 Å². The van der Waals surface area contributed by atoms with E-state index in [0.29, 0.717) is 22.8 Å². The minimum absolute atomic E-state index is 0.0153. The molecule has 0 spiro atoms. The molecule has 0 aliphatic carbocycles. The van der Waals surface area contributed by atoms with E-state index in [1.54, 1.807) is 44.2 Å². The molecule has 2 atom stereocenters. The Hall–Kier alpha value is -6.38. The summed E-state index contributed by atoms with van der Waals surface area (Å²) in [6, 6.07) is 18.2. The number of aliphatic imine (C=N–C) groups is 1. The van der Waals surface area contributed by atoms with E-state index in [-0.39, 0.29) is 66.3 Å². The zero-order valence-electron chi connectivity index (χ0n) is 28.3. The van der Waals surface area contributed by atoms with Gasteiger partial charge in [-0.15, -0.1) is 0 Å². The Balaban J connectivity index is 1.44. The van der Waals surface area contributed by atoms with Gasteiger partial charge in [0.25, 0.3) is 5.69 Å². The summed E-state index contributed by atoms with van der Waals surface area (Å²) in [7, 11) is 0. The van der Waals surface area contributed by atoms with Crippen molar-refractivity contribution in [3.63, 3.8) is 0 Å². The van der Waals surface area contributed by atoms with Crippen molar-refractivity contribution in [1.29, 1.82) is 0 Å². The third kappa shape index (κ3) is 10.3. The maximum absolute atomic E-state index is 13.6. The number of rotatable bonds is 14. The number of amides is 2. The van der Waals surface area contributed by atoms with Crippen LogP contribution in [0.2, 0.25) is 0 Å². The lowest BCUT2D eigenvalue weighted by atomic mass is 9.75. The van der Waals surface area contributed by atoms with Crippen LogP contribution < -0.4 is 15.4 Å². The third-order valence-corrected chi connectivity index (χ3v) is 7.50. The average Bonchev–Trinajstić information content (AvgIpc) is 3.08. The number of benzene rings is 3. The summed E-state index contributed by atoms with van der Waals surface area (Å²) in [4.78, 5) is 77.6. The van der Waals surface area contributed by atoms with Crippen molar-refractivity contribution in [3.8, 4) is 5.75 Å². The van der Waals surface area contributed by atoms with Crippen molar-refractivity contribution < 1.29 is 47.8 Å². The summed E-state index contributed by atoms with van der Waals surface area (Å²) < 4.78 is 21.9. The highest BCUT2D eigenvalue weighted by molar-refractivity contribution is 6.07. The van der Waals surface area contributed by atoms with Crippen LogP contribution in [0.1, 0.15) is 49.5 Å². The number of hydrogen-bond acceptors (Lipinski definition) is 12. The van der Waals surface area contributed by atoms with Gasteiger partial charge in [-0.3, -0.25) is 29.5 Å². The Labute approximate surface area is 292 Å². The van der Waals surface area contributed by atoms with Crippen molar-refractivity contribution in [2.24, 2.45) is 10.9 Å². The molecule has 0 aromatic heterocycles. The summed E-state index contributed by atoms with van der Waals surface area (Å²) >= 11 is 0. The number of carbonyl (C=O) groups is 5. The van der Waals surface area contributed by atoms with Gasteiger partial charge in [0, 0.05) is 54.7 Å². The highest BCUT2D eigenvalue weighted by Crippen LogP contribution is 2.41. The number of esters is 3. The molecule has 1 aliphatic heterocycles. The zero-order chi connectivity index (χ0) is 37.1. The fraction of sp³-hybridized carbons (Fsp3) is 0.278. The van der Waals surface area contributed by atoms with E-state index in [2.05, 4.69) is 15.6 Å². The molecule has 4 rings (SSSR count). The number of carbonyl (C=O) groups excluding carboxylic acids is 5. The van der Waals surface area contributed by atoms with Crippen LogP contribution in [0, 0.1) is 16.0 Å². The van der Waals surface area contributed by atoms with E-state index >= 15 is 0 Å². The molecular weight excluding hydrogens is 664 g/mol. The number of allylic oxidation sites excluding steroid dienone is 1. The van der Waals surface area contributed by atoms with Crippen LogP contribution in [0.25, 0.3) is 0 Å². The fourth-order valence-corrected chi connectivity index (χ4v) is 5.35. The standard InChI is InChI=1S/C36H36N4O11/c1-21-31(35(44)50-17-16-48-30-14-12-28(13-15-30)39-24(4)42)33(26-6-5-7-29(20-26)40(46)47)32(22(2)37-21)36(45)51-19-18-49-34(43)25-8-10-27(11-9-25)38-23(3)41/h5-15,20,31,33H,16-19H2,1-4H3,(H,38,41)(H,39,42)/t31?,33-/m1/s1. The normalized spacial score (nSPS) is 15.2. The van der Waals surface area contributed by atoms with Crippen molar-refractivity contribution in [1.82, 2.24) is 0 Å². The first-order valence-electron chi connectivity index (χ1n) is 15.7. The summed E-state index contributed by atoms with van der Waals surface area (Å²) in [5.74, 6) is -4.50. The molecule has 0 saturated carbocycles. The molecule has 0 bridgehead atoms. The molecule has 2 amide bonds. The fourth-order valence-electron chi connectivity index (χ4n) is 5.35. The van der Waals surface area contributed by atoms with Crippen LogP contribution in [-0.4, -0.2) is 66.8 Å². The van der Waals surface area contributed by atoms with Gasteiger partial charge in [-0.2, -0.15) is 0 Å². The van der Waals surface area contributed by atoms with Crippen LogP contribution in [-0.2, 0) is 33.4 Å². The van der Waals surface area contributed by atoms with Crippen LogP contribution in [0.15, 0.2) is 89.1 Å². The smallest absolute Gasteiger partial charge is 0.338 e. The molecule has 0 saturated heterocycles. The number of anilines is 2. The molecule has 0 fully saturated rings. The Bertz CT molecular complexity index is 1870. The van der Waals surface area contributed by atoms with Gasteiger partial charge in [0.2, 0.25) is 11.8 Å². The summed E-state index contributed by atoms with van der Waals surface area (Å²) in [5, 5.41) is 16.9. The number of non-ortho nitro benzene ring substituents is 1. The second-order valence-electron chi connectivity index (χ2n) is 11.3. The highest BCUT2D eigenvalue weighted by Gasteiger charge is 2.43. The van der Waals surface area contributed by atoms with Gasteiger partial charge in [-0.25, -0.2) is 9.59 Å². The minimum Gasteiger partial charge on any atom is -0.490 e. The quantitative estimate of drug-likeness (QED) is 0.0755. The molecule has 15 nitrogen and oxygen atoms in total. The maximum Gasteiger partial charge on any atom is 0.338 e. The van der Waals surface area contributed by atoms with Gasteiger partial charge >= 0.3 is 17.9 Å². The first-order chi connectivity index (χ1) is 24.3. The van der Waals surface area contributed by atoms with E-state index in [0.717, 1.165) is 0 Å². The summed E-state index contributed by atoms with van der Waals surface area (Å²) in [5.41, 5.74) is 1.88. The van der Waals surface area contributed by atoms with E-state index in [4.69, 9.17) is 18.9 Å². The molecule has 3 aromatic rings. The Morgan fingerprint density at radius 1 is 0.765 bits per heavy atom. The van der Waals surface area contributed by atoms with Gasteiger partial charge in [0.1, 0.15) is 38.1 Å². The predicted octanol–water partition coefficient (Wildman–Crippen LogP) is 4.98. The zero-order valence-corrected chi connectivity index (χ0v) is 28.3. The number of nitrogens with zero attached hydrogens (tertiary/aromatic N) is 2. The lowest BCUT2D eigenvalue weighted by molar-refractivity contribution is -0.384. The van der Waals surface area contributed by atoms with E-state index in [9.17, 15) is 34.1 Å². The second-order valence-corrected chi connectivity index (χ2v) is 11.3. The van der Waals surface area contributed by atoms with Crippen LogP contribution in [0.4, 0.5) is 17.1 Å². The first kappa shape index (κ1) is 37.4. The van der Waals surface area contributed by atoms with Gasteiger partial charge in [-0.05, 0) is 67.9 Å². The molecule has 1 heterocycles. The highest BCUT2D eigenvalue weighted by atomic mass is 16.6. The topological polar surface area (TPSA) is 202 Å². The van der Waals surface area contributed by atoms with Crippen LogP contribution >= 0.6 is 0 Å². The van der Waals surface area contributed by atoms with E-state index < -0.39 is 34.7 Å². The molecule has 1 aliphatic rings. The molecule has 266 valence electrons. The molecule has 15 heteroatoms. The lowest BCUT2D eigenvalue weighted by Crippen LogP contribution is -2.37. The van der Waals surface area contributed by atoms with Gasteiger partial charge in [0.05, 0.1) is 16.1 Å². The second kappa shape index (κ2) is 17.3. The molecule has 51 heavy (non-hydrogen) atoms. The van der Waals surface area contributed by atoms with E-state index in [1.807, 2.05) is 0 Å². The largest absolute Gasteiger partial charge is 0.490 e. The van der Waals surface area contributed by atoms with Gasteiger partial charge in [0.15, 0.2) is 0 Å². The van der Waals surface area contributed by atoms with E-state index in [1.165, 1.54) is 56.3 Å². The number of nitrogens with one attached hydrogen (secondary N) is 2. The first-order valence-corrected chi connectivity index (χ1v) is 15.7. The Morgan fingerprint density at radius 3 is 1.92 bits per heavy atom. The number of nitro benzene ring substituents is 1. The third-order valence-electron chi connectivity index (χ3n) is 7.50. The predicted molar refractivity (Wildman–Crippen MR) is 184 cm³/mol. The monoisotopic (exact) mass is 700 g/mol. The molecular formula is C36H36N4O11. The molecule has 1 unspecified atom stereocenters. The summed E-state index contributed by atoms with van der Waals surface area (Å²) in [6.45, 7) is 5.09. The molecule has 3 aromatic carbocycles. The van der Waals surface area contributed by atoms with Crippen molar-refractivity contribution in [2.75, 3.05) is 37.1 Å². The number of hydrogen-bond donors (Lipinski definition) is 2. The van der Waals surface area contributed by atoms with Gasteiger partial charge in [-0.1, -0.05) is 12.1 Å². The number of nitro groups is 1. The average molecular weight is 701 g/mol. The Kier molecular flexibility index (Phi) is 12.7. The minimum atomic E-state index is -1.14. The van der Waals surface area contributed by atoms with Crippen molar-refractivity contribution >= 4 is 52.5 Å².